The third kappa shape index (κ3) is 4.50. The molecule has 1 aromatic carbocycles. The largest absolute Gasteiger partial charge is 0.493 e. The van der Waals surface area contributed by atoms with Crippen molar-refractivity contribution in [3.05, 3.63) is 41.6 Å². The van der Waals surface area contributed by atoms with Crippen molar-refractivity contribution >= 4 is 35.0 Å². The maximum atomic E-state index is 12.3. The molecular weight excluding hydrogens is 434 g/mol. The Balaban J connectivity index is 1.69. The van der Waals surface area contributed by atoms with Crippen LogP contribution in [0.5, 0.6) is 11.5 Å². The number of fused-ring (bicyclic) bond motifs is 1. The number of ether oxygens (including phenoxy) is 3. The van der Waals surface area contributed by atoms with Gasteiger partial charge in [-0.15, -0.1) is 0 Å². The van der Waals surface area contributed by atoms with E-state index in [1.165, 1.54) is 7.11 Å². The quantitative estimate of drug-likeness (QED) is 0.397. The summed E-state index contributed by atoms with van der Waals surface area (Å²) >= 11 is 6.18. The van der Waals surface area contributed by atoms with Crippen molar-refractivity contribution < 1.29 is 23.8 Å². The second-order valence-corrected chi connectivity index (χ2v) is 7.89. The highest BCUT2D eigenvalue weighted by Crippen LogP contribution is 2.37. The average molecular weight is 458 g/mol. The topological polar surface area (TPSA) is 91.2 Å². The monoisotopic (exact) mass is 457 g/mol. The molecular formula is C23H24ClN3O5. The number of pyridine rings is 1. The highest BCUT2D eigenvalue weighted by atomic mass is 35.5. The molecule has 168 valence electrons. The molecule has 1 fully saturated rings. The minimum Gasteiger partial charge on any atom is -0.493 e. The zero-order valence-corrected chi connectivity index (χ0v) is 18.6. The van der Waals surface area contributed by atoms with Gasteiger partial charge in [0, 0.05) is 11.8 Å². The van der Waals surface area contributed by atoms with E-state index >= 15 is 0 Å². The van der Waals surface area contributed by atoms with Crippen molar-refractivity contribution in [2.24, 2.45) is 5.92 Å². The Morgan fingerprint density at radius 1 is 1.22 bits per heavy atom. The van der Waals surface area contributed by atoms with Crippen LogP contribution in [0, 0.1) is 5.92 Å². The first kappa shape index (κ1) is 22.0. The Labute approximate surface area is 190 Å². The summed E-state index contributed by atoms with van der Waals surface area (Å²) in [5, 5.41) is 3.63. The van der Waals surface area contributed by atoms with Crippen LogP contribution in [0.15, 0.2) is 36.5 Å². The average Bonchev–Trinajstić information content (AvgIpc) is 3.09. The Kier molecular flexibility index (Phi) is 6.50. The van der Waals surface area contributed by atoms with Crippen molar-refractivity contribution in [2.75, 3.05) is 25.6 Å². The van der Waals surface area contributed by atoms with Crippen LogP contribution in [0.2, 0.25) is 5.02 Å². The van der Waals surface area contributed by atoms with Crippen LogP contribution in [0.25, 0.3) is 16.9 Å². The molecule has 2 aromatic heterocycles. The van der Waals surface area contributed by atoms with Crippen LogP contribution >= 0.6 is 11.6 Å². The van der Waals surface area contributed by atoms with E-state index in [-0.39, 0.29) is 24.4 Å². The first-order valence-electron chi connectivity index (χ1n) is 10.5. The SMILES string of the molecule is CCOC(=O)CNc1c(-c2ccc(OC(=O)C3CCC3)c(OC)c2)nc2ccc(Cl)cn12. The third-order valence-electron chi connectivity index (χ3n) is 5.37. The smallest absolute Gasteiger partial charge is 0.325 e. The van der Waals surface area contributed by atoms with Gasteiger partial charge in [-0.25, -0.2) is 4.98 Å². The molecule has 1 aliphatic rings. The molecule has 4 rings (SSSR count). The zero-order valence-electron chi connectivity index (χ0n) is 17.9. The molecule has 0 bridgehead atoms. The molecule has 2 heterocycles. The summed E-state index contributed by atoms with van der Waals surface area (Å²) in [4.78, 5) is 28.9. The molecule has 0 aliphatic heterocycles. The number of anilines is 1. The van der Waals surface area contributed by atoms with Gasteiger partial charge in [-0.2, -0.15) is 0 Å². The standard InChI is InChI=1S/C23H24ClN3O5/c1-3-31-20(28)12-25-22-21(26-19-10-8-16(24)13-27(19)22)15-7-9-17(18(11-15)30-2)32-23(29)14-5-4-6-14/h7-11,13-14,25H,3-6,12H2,1-2H3. The molecule has 1 aliphatic carbocycles. The number of benzene rings is 1. The van der Waals surface area contributed by atoms with Gasteiger partial charge in [-0.3, -0.25) is 14.0 Å². The van der Waals surface area contributed by atoms with Crippen molar-refractivity contribution in [2.45, 2.75) is 26.2 Å². The Hall–Kier alpha value is -3.26. The normalized spacial score (nSPS) is 13.5. The number of methoxy groups -OCH3 is 1. The van der Waals surface area contributed by atoms with Gasteiger partial charge in [0.1, 0.15) is 23.7 Å². The molecule has 1 N–H and O–H groups in total. The summed E-state index contributed by atoms with van der Waals surface area (Å²) in [6, 6.07) is 8.77. The van der Waals surface area contributed by atoms with Crippen molar-refractivity contribution in [1.82, 2.24) is 9.38 Å². The Morgan fingerprint density at radius 3 is 2.72 bits per heavy atom. The fourth-order valence-electron chi connectivity index (χ4n) is 3.49. The molecule has 0 unspecified atom stereocenters. The van der Waals surface area contributed by atoms with E-state index in [1.807, 2.05) is 0 Å². The molecule has 0 atom stereocenters. The molecule has 0 saturated heterocycles. The van der Waals surface area contributed by atoms with Crippen LogP contribution in [0.3, 0.4) is 0 Å². The van der Waals surface area contributed by atoms with Gasteiger partial charge in [0.15, 0.2) is 11.5 Å². The fourth-order valence-corrected chi connectivity index (χ4v) is 3.65. The summed E-state index contributed by atoms with van der Waals surface area (Å²) in [5.74, 6) is 0.702. The van der Waals surface area contributed by atoms with E-state index < -0.39 is 0 Å². The number of aromatic nitrogens is 2. The number of hydrogen-bond acceptors (Lipinski definition) is 7. The molecule has 9 heteroatoms. The van der Waals surface area contributed by atoms with Crippen LogP contribution in [-0.4, -0.2) is 41.6 Å². The molecule has 0 spiro atoms. The van der Waals surface area contributed by atoms with Gasteiger partial charge < -0.3 is 19.5 Å². The summed E-state index contributed by atoms with van der Waals surface area (Å²) < 4.78 is 17.8. The third-order valence-corrected chi connectivity index (χ3v) is 5.60. The van der Waals surface area contributed by atoms with Crippen LogP contribution in [-0.2, 0) is 14.3 Å². The van der Waals surface area contributed by atoms with Crippen molar-refractivity contribution in [3.8, 4) is 22.8 Å². The fraction of sp³-hybridized carbons (Fsp3) is 0.348. The van der Waals surface area contributed by atoms with Gasteiger partial charge in [-0.1, -0.05) is 18.0 Å². The van der Waals surface area contributed by atoms with E-state index in [4.69, 9.17) is 30.8 Å². The summed E-state index contributed by atoms with van der Waals surface area (Å²) in [7, 11) is 1.52. The number of hydrogen-bond donors (Lipinski definition) is 1. The maximum absolute atomic E-state index is 12.3. The van der Waals surface area contributed by atoms with Gasteiger partial charge >= 0.3 is 11.9 Å². The number of carbonyl (C=O) groups is 2. The number of nitrogens with zero attached hydrogens (tertiary/aromatic N) is 2. The Bertz CT molecular complexity index is 1160. The molecule has 32 heavy (non-hydrogen) atoms. The lowest BCUT2D eigenvalue weighted by atomic mass is 9.86. The predicted molar refractivity (Wildman–Crippen MR) is 120 cm³/mol. The van der Waals surface area contributed by atoms with Gasteiger partial charge in [0.2, 0.25) is 0 Å². The number of halogens is 1. The molecule has 8 nitrogen and oxygen atoms in total. The van der Waals surface area contributed by atoms with E-state index in [1.54, 1.807) is 47.9 Å². The van der Waals surface area contributed by atoms with Gasteiger partial charge in [0.25, 0.3) is 0 Å². The molecule has 3 aromatic rings. The van der Waals surface area contributed by atoms with E-state index in [0.717, 1.165) is 24.8 Å². The highest BCUT2D eigenvalue weighted by Gasteiger charge is 2.28. The minimum atomic E-state index is -0.383. The van der Waals surface area contributed by atoms with E-state index in [9.17, 15) is 9.59 Å². The van der Waals surface area contributed by atoms with Crippen LogP contribution in [0.1, 0.15) is 26.2 Å². The van der Waals surface area contributed by atoms with Crippen LogP contribution in [0.4, 0.5) is 5.82 Å². The zero-order chi connectivity index (χ0) is 22.7. The number of esters is 2. The Morgan fingerprint density at radius 2 is 2.03 bits per heavy atom. The molecule has 1 saturated carbocycles. The van der Waals surface area contributed by atoms with E-state index in [0.29, 0.717) is 40.3 Å². The first-order valence-corrected chi connectivity index (χ1v) is 10.8. The number of carbonyl (C=O) groups excluding carboxylic acids is 2. The predicted octanol–water partition coefficient (Wildman–Crippen LogP) is 4.34. The molecule has 0 radical (unpaired) electrons. The van der Waals surface area contributed by atoms with Gasteiger partial charge in [-0.05, 0) is 50.1 Å². The summed E-state index contributed by atoms with van der Waals surface area (Å²) in [5.41, 5.74) is 1.96. The summed E-state index contributed by atoms with van der Waals surface area (Å²) in [6.45, 7) is 2.02. The van der Waals surface area contributed by atoms with Gasteiger partial charge in [0.05, 0.1) is 24.7 Å². The first-order chi connectivity index (χ1) is 15.5. The number of imidazole rings is 1. The minimum absolute atomic E-state index is 0.0324. The second-order valence-electron chi connectivity index (χ2n) is 7.46. The molecule has 0 amide bonds. The van der Waals surface area contributed by atoms with E-state index in [2.05, 4.69) is 5.32 Å². The second kappa shape index (κ2) is 9.48. The van der Waals surface area contributed by atoms with Crippen molar-refractivity contribution in [1.29, 1.82) is 0 Å². The highest BCUT2D eigenvalue weighted by molar-refractivity contribution is 6.30. The lowest BCUT2D eigenvalue weighted by molar-refractivity contribution is -0.142. The number of rotatable bonds is 8. The lowest BCUT2D eigenvalue weighted by Crippen LogP contribution is -2.26. The van der Waals surface area contributed by atoms with Crippen LogP contribution < -0.4 is 14.8 Å². The van der Waals surface area contributed by atoms with Crippen molar-refractivity contribution in [3.63, 3.8) is 0 Å². The maximum Gasteiger partial charge on any atom is 0.325 e. The summed E-state index contributed by atoms with van der Waals surface area (Å²) in [6.07, 6.45) is 4.49. The lowest BCUT2D eigenvalue weighted by Gasteiger charge is -2.23. The number of nitrogens with one attached hydrogen (secondary N) is 1.